The van der Waals surface area contributed by atoms with Gasteiger partial charge in [-0.1, -0.05) is 161 Å². The van der Waals surface area contributed by atoms with Crippen LogP contribution in [0.3, 0.4) is 0 Å². The van der Waals surface area contributed by atoms with Gasteiger partial charge in [-0.3, -0.25) is 9.47 Å². The Balaban J connectivity index is 0.000000412. The Morgan fingerprint density at radius 1 is 0.338 bits per heavy atom. The largest absolute Gasteiger partial charge is 0.507 e. The number of ether oxygens (including phenoxy) is 10. The van der Waals surface area contributed by atoms with Gasteiger partial charge in [-0.25, -0.2) is 28.8 Å². The Kier molecular flexibility index (Phi) is 49.6. The topological polar surface area (TPSA) is 319 Å². The van der Waals surface area contributed by atoms with E-state index in [0.717, 1.165) is 32.5 Å². The number of phenolic OH excluding ortho intramolecular Hbond substituents is 2. The van der Waals surface area contributed by atoms with Crippen molar-refractivity contribution in [3.63, 3.8) is 0 Å². The number of hydrogen-bond donors (Lipinski definition) is 6. The first-order valence-electron chi connectivity index (χ1n) is 44.5. The van der Waals surface area contributed by atoms with Crippen molar-refractivity contribution in [3.8, 4) is 57.5 Å². The number of allylic oxidation sites excluding steroid dienone is 2. The van der Waals surface area contributed by atoms with Gasteiger partial charge in [0, 0.05) is 5.56 Å². The molecule has 11 aromatic carbocycles. The number of para-hydroxylation sites is 4. The lowest BCUT2D eigenvalue weighted by Crippen LogP contribution is -2.40. The average Bonchev–Trinajstić information content (AvgIpc) is 0.827. The maximum atomic E-state index is 12.3. The standard InChI is InChI=1S/C20H24O3.C20H22O3.C17H17BrO3.C16H16O3.C11H13BrO3.C11H24NO2.C7H5BrO3.C6H7BO2.C4H8/c2*1-14(2)17-12-11-15(19(21)23-20(3,4)5)13-18(17)22-16-9-7-6-8-10-16;1-17(2,3)21-16(19)12-9-10-14(18)15(11-12)20-13-7-5-4-6-8-13;1-11(2)14-9-8-12(16(17)18)10-15(14)19-13-6-4-3-5-7-13;1-11(2,3)15-10(14)7-4-5-8(12)9(13)6-7;1-10(2,3)13-9(12(7)8)14-11(4,5)6;8-5-2-1-4(7(10)11)3-6(5)9;8-7(9)6-4-2-1-3-5-6;1-4(2)3/h6-14H,1-5H3;6-13H,1H2,2-5H3;4-11H,1-3H3;3-11H,1-2H3,(H,17,18);4-6,13H,1-3H3;9H,7H2,1-6,8H3;1-3,9H,(H,10,11);1-5,8-9H;1H2,2-3H3/q;;;;;+1;;;. The number of esters is 4. The van der Waals surface area contributed by atoms with E-state index in [9.17, 15) is 33.9 Å². The first-order chi connectivity index (χ1) is 64.4. The van der Waals surface area contributed by atoms with E-state index in [1.165, 1.54) is 29.8 Å². The fourth-order valence-corrected chi connectivity index (χ4v) is 11.6. The summed E-state index contributed by atoms with van der Waals surface area (Å²) >= 11 is 9.59. The molecule has 0 amide bonds. The molecule has 0 aromatic heterocycles. The van der Waals surface area contributed by atoms with Crippen molar-refractivity contribution >= 4 is 108 Å². The van der Waals surface area contributed by atoms with Crippen molar-refractivity contribution in [2.24, 2.45) is 0 Å². The fourth-order valence-electron chi connectivity index (χ4n) is 10.8. The van der Waals surface area contributed by atoms with Crippen molar-refractivity contribution in [3.05, 3.63) is 343 Å². The minimum Gasteiger partial charge on any atom is -0.507 e. The van der Waals surface area contributed by atoms with Crippen LogP contribution >= 0.6 is 47.8 Å². The van der Waals surface area contributed by atoms with Crippen LogP contribution in [0.5, 0.6) is 57.5 Å². The molecule has 0 saturated heterocycles. The van der Waals surface area contributed by atoms with Gasteiger partial charge in [-0.05, 0) is 367 Å². The van der Waals surface area contributed by atoms with E-state index in [4.69, 9.17) is 72.7 Å². The van der Waals surface area contributed by atoms with E-state index in [2.05, 4.69) is 81.5 Å². The van der Waals surface area contributed by atoms with Crippen molar-refractivity contribution in [2.75, 3.05) is 7.05 Å². The number of rotatable bonds is 21. The third-order valence-corrected chi connectivity index (χ3v) is 18.8. The molecule has 0 bridgehead atoms. The number of aromatic hydroxyl groups is 2. The molecule has 11 rings (SSSR count). The first kappa shape index (κ1) is 121. The number of benzene rings is 11. The maximum absolute atomic E-state index is 12.3. The van der Waals surface area contributed by atoms with Gasteiger partial charge in [0.15, 0.2) is 0 Å². The van der Waals surface area contributed by atoms with Gasteiger partial charge in [0.1, 0.15) is 93.7 Å². The van der Waals surface area contributed by atoms with E-state index >= 15 is 0 Å². The number of carbonyl (C=O) groups excluding carboxylic acids is 4. The first-order valence-corrected chi connectivity index (χ1v) is 46.9. The molecule has 23 nitrogen and oxygen atoms in total. The lowest BCUT2D eigenvalue weighted by Gasteiger charge is -2.28. The van der Waals surface area contributed by atoms with Crippen LogP contribution in [0.15, 0.2) is 293 Å². The van der Waals surface area contributed by atoms with Gasteiger partial charge >= 0.3 is 49.3 Å². The predicted octanol–water partition coefficient (Wildman–Crippen LogP) is 28.7. The van der Waals surface area contributed by atoms with Gasteiger partial charge in [0.25, 0.3) is 0 Å². The third-order valence-electron chi connectivity index (χ3n) is 16.8. The van der Waals surface area contributed by atoms with Gasteiger partial charge in [0.2, 0.25) is 0 Å². The van der Waals surface area contributed by atoms with Crippen molar-refractivity contribution in [2.45, 2.75) is 225 Å². The van der Waals surface area contributed by atoms with Crippen LogP contribution in [0.4, 0.5) is 0 Å². The summed E-state index contributed by atoms with van der Waals surface area (Å²) in [5.41, 5.74) is 4.95. The smallest absolute Gasteiger partial charge is 0.488 e. The summed E-state index contributed by atoms with van der Waals surface area (Å²) < 4.78 is 59.8. The summed E-state index contributed by atoms with van der Waals surface area (Å²) in [6.07, 6.45) is -0.407. The Morgan fingerprint density at radius 2 is 0.583 bits per heavy atom. The number of carboxylic acids is 2. The van der Waals surface area contributed by atoms with Crippen LogP contribution in [0.2, 0.25) is 0 Å². The molecule has 0 saturated carbocycles. The highest BCUT2D eigenvalue weighted by atomic mass is 79.9. The zero-order valence-corrected chi connectivity index (χ0v) is 89.3. The predicted molar refractivity (Wildman–Crippen MR) is 564 cm³/mol. The molecule has 0 fully saturated rings. The monoisotopic (exact) mass is 2090 g/mol. The zero-order chi connectivity index (χ0) is 105. The highest BCUT2D eigenvalue weighted by molar-refractivity contribution is 9.11. The number of aromatic carboxylic acids is 2. The highest BCUT2D eigenvalue weighted by Crippen LogP contribution is 2.38. The normalized spacial score (nSPS) is 10.9. The molecule has 0 aliphatic rings. The summed E-state index contributed by atoms with van der Waals surface area (Å²) in [5.74, 6) is 2.31. The maximum Gasteiger partial charge on any atom is 0.488 e. The van der Waals surface area contributed by atoms with Crippen LogP contribution < -0.4 is 24.4 Å². The van der Waals surface area contributed by atoms with E-state index in [-0.39, 0.29) is 57.7 Å². The van der Waals surface area contributed by atoms with Gasteiger partial charge in [0.05, 0.1) is 58.0 Å². The molecule has 11 aromatic rings. The second kappa shape index (κ2) is 57.2. The number of hydrogen-bond acceptors (Lipinski definition) is 20. The van der Waals surface area contributed by atoms with Crippen LogP contribution in [0.1, 0.15) is 264 Å². The second-order valence-corrected chi connectivity index (χ2v) is 40.6. The Bertz CT molecular complexity index is 5750. The molecule has 6 N–H and O–H groups in total. The van der Waals surface area contributed by atoms with Gasteiger partial charge in [-0.2, -0.15) is 4.58 Å². The summed E-state index contributed by atoms with van der Waals surface area (Å²) in [5, 5.41) is 53.1. The van der Waals surface area contributed by atoms with E-state index in [1.54, 1.807) is 116 Å². The van der Waals surface area contributed by atoms with E-state index in [0.29, 0.717) is 82.8 Å². The molecule has 0 spiro atoms. The molecule has 27 heteroatoms. The zero-order valence-electron chi connectivity index (χ0n) is 84.6. The minimum absolute atomic E-state index is 0.0263. The van der Waals surface area contributed by atoms with Crippen LogP contribution in [-0.2, 0) is 28.4 Å². The molecular formula is C112H136BBr3NO22+. The Hall–Kier alpha value is -12.5. The summed E-state index contributed by atoms with van der Waals surface area (Å²) in [4.78, 5) is 69.5. The number of nitrogens with zero attached hydrogens (tertiary/aromatic N) is 1. The number of carbonyl (C=O) groups is 6. The number of halogens is 3. The Morgan fingerprint density at radius 3 is 0.863 bits per heavy atom. The molecule has 0 unspecified atom stereocenters. The lowest BCUT2D eigenvalue weighted by molar-refractivity contribution is -0.653. The van der Waals surface area contributed by atoms with E-state index in [1.807, 2.05) is 291 Å². The van der Waals surface area contributed by atoms with Gasteiger partial charge in [-0.15, -0.1) is 6.58 Å². The summed E-state index contributed by atoms with van der Waals surface area (Å²) in [6.45, 7) is 59.4. The lowest BCUT2D eigenvalue weighted by atomic mass is 9.81. The molecule has 0 heterocycles. The molecule has 0 radical (unpaired) electrons. The molecular weight excluding hydrogens is 1960 g/mol. The summed E-state index contributed by atoms with van der Waals surface area (Å²) in [7, 11) is 0.494. The molecule has 0 aliphatic carbocycles. The van der Waals surface area contributed by atoms with E-state index < -0.39 is 53.8 Å². The second-order valence-electron chi connectivity index (χ2n) is 38.1. The summed E-state index contributed by atoms with van der Waals surface area (Å²) in [6, 6.07) is 76.0. The average molecular weight is 2100 g/mol. The molecule has 744 valence electrons. The fraction of sp³-hybridized carbons (Fsp3) is 0.312. The van der Waals surface area contributed by atoms with Crippen LogP contribution in [0.25, 0.3) is 5.57 Å². The molecule has 0 atom stereocenters. The SMILES string of the molecule is C=C(C)C.C=C(C)c1ccc(C(=O)OC(C)(C)C)cc1Oc1ccccc1.C=[N+](C)C(OC(C)(C)C)OC(C)(C)C.CC(C)(C)OC(=O)c1ccc(Br)c(O)c1.CC(C)(C)OC(=O)c1ccc(Br)c(Oc2ccccc2)c1.CC(C)c1ccc(C(=O)O)cc1Oc1ccccc1.CC(C)c1ccc(C(=O)OC(C)(C)C)cc1Oc1ccccc1.O=C(O)c1ccc(Br)c(O)c1.OB(O)c1ccccc1. The van der Waals surface area contributed by atoms with Crippen molar-refractivity contribution in [1.29, 1.82) is 0 Å². The third kappa shape index (κ3) is 50.1. The Labute approximate surface area is 846 Å². The van der Waals surface area contributed by atoms with Gasteiger partial charge < -0.3 is 68.4 Å². The van der Waals surface area contributed by atoms with Crippen molar-refractivity contribution in [1.82, 2.24) is 0 Å². The highest BCUT2D eigenvalue weighted by Gasteiger charge is 2.31. The molecule has 139 heavy (non-hydrogen) atoms. The minimum atomic E-state index is -1.34. The molecule has 0 aliphatic heterocycles. The van der Waals surface area contributed by atoms with Crippen molar-refractivity contribution < 1.29 is 111 Å². The number of carboxylic acid groups (broad SMARTS) is 2. The number of phenols is 2. The quantitative estimate of drug-likeness (QED) is 0.00740. The van der Waals surface area contributed by atoms with Crippen LogP contribution in [0, 0.1) is 0 Å². The van der Waals surface area contributed by atoms with Crippen LogP contribution in [-0.4, -0.2) is 132 Å².